The third-order valence-electron chi connectivity index (χ3n) is 5.05. The summed E-state index contributed by atoms with van der Waals surface area (Å²) in [5, 5.41) is 0. The normalized spacial score (nSPS) is 16.4. The molecule has 1 fully saturated rings. The van der Waals surface area contributed by atoms with Gasteiger partial charge in [0.25, 0.3) is 5.91 Å². The minimum Gasteiger partial charge on any atom is -0.481 e. The second kappa shape index (κ2) is 8.97. The van der Waals surface area contributed by atoms with Gasteiger partial charge in [0.15, 0.2) is 6.10 Å². The molecule has 0 aliphatic carbocycles. The van der Waals surface area contributed by atoms with Crippen molar-refractivity contribution in [2.24, 2.45) is 0 Å². The molecule has 1 heterocycles. The molecule has 1 aliphatic rings. The van der Waals surface area contributed by atoms with Gasteiger partial charge in [-0.1, -0.05) is 31.2 Å². The fraction of sp³-hybridized carbons (Fsp3) is 0.409. The van der Waals surface area contributed by atoms with Crippen LogP contribution in [0.25, 0.3) is 0 Å². The minimum atomic E-state index is -3.53. The molecule has 2 aromatic carbocycles. The third kappa shape index (κ3) is 4.97. The van der Waals surface area contributed by atoms with Gasteiger partial charge in [-0.05, 0) is 55.7 Å². The number of aryl methyl sites for hydroxylation is 2. The molecule has 0 N–H and O–H groups in total. The molecule has 2 aromatic rings. The Morgan fingerprint density at radius 1 is 1.00 bits per heavy atom. The quantitative estimate of drug-likeness (QED) is 0.726. The number of amides is 1. The Kier molecular flexibility index (Phi) is 6.59. The van der Waals surface area contributed by atoms with Crippen LogP contribution in [0.2, 0.25) is 0 Å². The van der Waals surface area contributed by atoms with Gasteiger partial charge in [0, 0.05) is 26.2 Å². The average Bonchev–Trinajstić information content (AvgIpc) is 2.71. The molecule has 1 aliphatic heterocycles. The zero-order valence-corrected chi connectivity index (χ0v) is 18.0. The van der Waals surface area contributed by atoms with E-state index in [2.05, 4.69) is 6.07 Å². The van der Waals surface area contributed by atoms with Gasteiger partial charge in [0.05, 0.1) is 4.90 Å². The summed E-state index contributed by atoms with van der Waals surface area (Å²) in [4.78, 5) is 14.9. The first-order valence-corrected chi connectivity index (χ1v) is 11.3. The van der Waals surface area contributed by atoms with Gasteiger partial charge in [0.2, 0.25) is 10.0 Å². The summed E-state index contributed by atoms with van der Waals surface area (Å²) in [7, 11) is -3.53. The molecule has 1 saturated heterocycles. The molecule has 6 nitrogen and oxygen atoms in total. The lowest BCUT2D eigenvalue weighted by atomic mass is 10.1. The molecule has 1 atom stereocenters. The fourth-order valence-corrected chi connectivity index (χ4v) is 5.01. The van der Waals surface area contributed by atoms with Crippen molar-refractivity contribution in [1.82, 2.24) is 9.21 Å². The van der Waals surface area contributed by atoms with Crippen molar-refractivity contribution >= 4 is 15.9 Å². The van der Waals surface area contributed by atoms with E-state index in [0.29, 0.717) is 25.3 Å². The second-order valence-electron chi connectivity index (χ2n) is 7.38. The van der Waals surface area contributed by atoms with E-state index in [4.69, 9.17) is 4.74 Å². The Labute approximate surface area is 173 Å². The van der Waals surface area contributed by atoms with Crippen LogP contribution < -0.4 is 4.74 Å². The number of carbonyl (C=O) groups is 1. The van der Waals surface area contributed by atoms with Crippen LogP contribution in [0.15, 0.2) is 53.4 Å². The molecular formula is C22H28N2O4S. The maximum absolute atomic E-state index is 13.0. The SMILES string of the molecule is CCC(Oc1cc(C)cc(C)c1)C(=O)N1CCN(S(=O)(=O)c2ccccc2)CC1. The first-order valence-electron chi connectivity index (χ1n) is 9.90. The maximum Gasteiger partial charge on any atom is 0.263 e. The predicted octanol–water partition coefficient (Wildman–Crippen LogP) is 2.99. The highest BCUT2D eigenvalue weighted by molar-refractivity contribution is 7.89. The van der Waals surface area contributed by atoms with Crippen LogP contribution in [0, 0.1) is 13.8 Å². The first kappa shape index (κ1) is 21.3. The van der Waals surface area contributed by atoms with Crippen LogP contribution in [0.4, 0.5) is 0 Å². The molecule has 0 spiro atoms. The number of benzene rings is 2. The summed E-state index contributed by atoms with van der Waals surface area (Å²) >= 11 is 0. The molecular weight excluding hydrogens is 388 g/mol. The van der Waals surface area contributed by atoms with Crippen molar-refractivity contribution in [1.29, 1.82) is 0 Å². The lowest BCUT2D eigenvalue weighted by Crippen LogP contribution is -2.53. The van der Waals surface area contributed by atoms with Gasteiger partial charge in [0.1, 0.15) is 5.75 Å². The van der Waals surface area contributed by atoms with Crippen LogP contribution >= 0.6 is 0 Å². The van der Waals surface area contributed by atoms with Gasteiger partial charge in [-0.2, -0.15) is 4.31 Å². The zero-order chi connectivity index (χ0) is 21.0. The molecule has 3 rings (SSSR count). The summed E-state index contributed by atoms with van der Waals surface area (Å²) in [6.45, 7) is 7.19. The molecule has 0 bridgehead atoms. The van der Waals surface area contributed by atoms with Crippen molar-refractivity contribution in [2.45, 2.75) is 38.2 Å². The Morgan fingerprint density at radius 3 is 2.14 bits per heavy atom. The molecule has 0 aromatic heterocycles. The van der Waals surface area contributed by atoms with Crippen molar-refractivity contribution < 1.29 is 17.9 Å². The van der Waals surface area contributed by atoms with E-state index in [0.717, 1.165) is 11.1 Å². The van der Waals surface area contributed by atoms with E-state index >= 15 is 0 Å². The highest BCUT2D eigenvalue weighted by atomic mass is 32.2. The van der Waals surface area contributed by atoms with Gasteiger partial charge < -0.3 is 9.64 Å². The number of hydrogen-bond donors (Lipinski definition) is 0. The summed E-state index contributed by atoms with van der Waals surface area (Å²) in [5.74, 6) is 0.594. The molecule has 0 radical (unpaired) electrons. The maximum atomic E-state index is 13.0. The largest absolute Gasteiger partial charge is 0.481 e. The van der Waals surface area contributed by atoms with Crippen LogP contribution in [-0.4, -0.2) is 55.8 Å². The third-order valence-corrected chi connectivity index (χ3v) is 6.96. The molecule has 29 heavy (non-hydrogen) atoms. The molecule has 156 valence electrons. The summed E-state index contributed by atoms with van der Waals surface area (Å²) in [6, 6.07) is 14.3. The summed E-state index contributed by atoms with van der Waals surface area (Å²) in [5.41, 5.74) is 2.17. The van der Waals surface area contributed by atoms with E-state index in [1.807, 2.05) is 32.9 Å². The molecule has 7 heteroatoms. The van der Waals surface area contributed by atoms with Crippen LogP contribution in [-0.2, 0) is 14.8 Å². The average molecular weight is 417 g/mol. The van der Waals surface area contributed by atoms with Gasteiger partial charge in [-0.25, -0.2) is 8.42 Å². The van der Waals surface area contributed by atoms with Crippen LogP contribution in [0.1, 0.15) is 24.5 Å². The van der Waals surface area contributed by atoms with E-state index in [9.17, 15) is 13.2 Å². The Balaban J connectivity index is 1.64. The van der Waals surface area contributed by atoms with Gasteiger partial charge in [-0.15, -0.1) is 0 Å². The topological polar surface area (TPSA) is 66.9 Å². The number of sulfonamides is 1. The molecule has 1 unspecified atom stereocenters. The van der Waals surface area contributed by atoms with E-state index in [-0.39, 0.29) is 23.9 Å². The summed E-state index contributed by atoms with van der Waals surface area (Å²) < 4.78 is 32.9. The standard InChI is InChI=1S/C22H28N2O4S/c1-4-21(28-19-15-17(2)14-18(3)16-19)22(25)23-10-12-24(13-11-23)29(26,27)20-8-6-5-7-9-20/h5-9,14-16,21H,4,10-13H2,1-3H3. The number of ether oxygens (including phenoxy) is 1. The predicted molar refractivity (Wildman–Crippen MR) is 112 cm³/mol. The monoisotopic (exact) mass is 416 g/mol. The van der Waals surface area contributed by atoms with E-state index in [1.165, 1.54) is 4.31 Å². The van der Waals surface area contributed by atoms with E-state index < -0.39 is 16.1 Å². The number of rotatable bonds is 6. The fourth-order valence-electron chi connectivity index (χ4n) is 3.57. The van der Waals surface area contributed by atoms with Crippen molar-refractivity contribution in [3.8, 4) is 5.75 Å². The Morgan fingerprint density at radius 2 is 1.59 bits per heavy atom. The highest BCUT2D eigenvalue weighted by Gasteiger charge is 2.32. The number of hydrogen-bond acceptors (Lipinski definition) is 4. The number of carbonyl (C=O) groups excluding carboxylic acids is 1. The minimum absolute atomic E-state index is 0.0941. The first-order chi connectivity index (χ1) is 13.8. The van der Waals surface area contributed by atoms with Crippen LogP contribution in [0.5, 0.6) is 5.75 Å². The van der Waals surface area contributed by atoms with Crippen molar-refractivity contribution in [2.75, 3.05) is 26.2 Å². The number of piperazine rings is 1. The van der Waals surface area contributed by atoms with E-state index in [1.54, 1.807) is 35.2 Å². The lowest BCUT2D eigenvalue weighted by Gasteiger charge is -2.35. The van der Waals surface area contributed by atoms with Gasteiger partial charge >= 0.3 is 0 Å². The van der Waals surface area contributed by atoms with Gasteiger partial charge in [-0.3, -0.25) is 4.79 Å². The lowest BCUT2D eigenvalue weighted by molar-refractivity contribution is -0.140. The van der Waals surface area contributed by atoms with Crippen molar-refractivity contribution in [3.05, 3.63) is 59.7 Å². The smallest absolute Gasteiger partial charge is 0.263 e. The molecule has 0 saturated carbocycles. The molecule has 1 amide bonds. The van der Waals surface area contributed by atoms with Crippen molar-refractivity contribution in [3.63, 3.8) is 0 Å². The van der Waals surface area contributed by atoms with Crippen LogP contribution in [0.3, 0.4) is 0 Å². The highest BCUT2D eigenvalue weighted by Crippen LogP contribution is 2.21. The number of nitrogens with zero attached hydrogens (tertiary/aromatic N) is 2. The Bertz CT molecular complexity index is 932. The zero-order valence-electron chi connectivity index (χ0n) is 17.2. The summed E-state index contributed by atoms with van der Waals surface area (Å²) in [6.07, 6.45) is -0.0255. The second-order valence-corrected chi connectivity index (χ2v) is 9.32. The Hall–Kier alpha value is -2.38.